The summed E-state index contributed by atoms with van der Waals surface area (Å²) in [7, 11) is -4.04. The van der Waals surface area contributed by atoms with Crippen LogP contribution in [0.1, 0.15) is 28.5 Å². The Bertz CT molecular complexity index is 1420. The SMILES string of the molecule is CC(=O)Nc1ccc(C)cc1C(=O)c1cc2ccccc2n1S(=O)(=O)c1ccccc1. The monoisotopic (exact) mass is 432 g/mol. The lowest BCUT2D eigenvalue weighted by Gasteiger charge is -2.14. The Kier molecular flexibility index (Phi) is 5.20. The second kappa shape index (κ2) is 7.85. The van der Waals surface area contributed by atoms with Gasteiger partial charge in [0.2, 0.25) is 11.7 Å². The number of hydrogen-bond donors (Lipinski definition) is 1. The predicted octanol–water partition coefficient (Wildman–Crippen LogP) is 4.38. The van der Waals surface area contributed by atoms with Gasteiger partial charge in [0.15, 0.2) is 0 Å². The molecule has 0 bridgehead atoms. The Morgan fingerprint density at radius 1 is 0.871 bits per heavy atom. The normalized spacial score (nSPS) is 11.4. The Labute approximate surface area is 180 Å². The minimum Gasteiger partial charge on any atom is -0.326 e. The van der Waals surface area contributed by atoms with Crippen LogP contribution in [0.3, 0.4) is 0 Å². The van der Waals surface area contributed by atoms with Gasteiger partial charge < -0.3 is 5.32 Å². The third kappa shape index (κ3) is 3.75. The topological polar surface area (TPSA) is 85.2 Å². The zero-order valence-electron chi connectivity index (χ0n) is 17.0. The van der Waals surface area contributed by atoms with Gasteiger partial charge in [-0.05, 0) is 43.3 Å². The molecule has 7 heteroatoms. The van der Waals surface area contributed by atoms with E-state index in [1.54, 1.807) is 66.7 Å². The summed E-state index contributed by atoms with van der Waals surface area (Å²) in [6.45, 7) is 3.18. The number of rotatable bonds is 5. The molecule has 3 aromatic carbocycles. The Morgan fingerprint density at radius 2 is 1.55 bits per heavy atom. The number of nitrogens with zero attached hydrogens (tertiary/aromatic N) is 1. The quantitative estimate of drug-likeness (QED) is 0.475. The van der Waals surface area contributed by atoms with Crippen LogP contribution in [-0.4, -0.2) is 24.1 Å². The van der Waals surface area contributed by atoms with Crippen molar-refractivity contribution in [3.63, 3.8) is 0 Å². The number of benzene rings is 3. The summed E-state index contributed by atoms with van der Waals surface area (Å²) in [5, 5.41) is 3.28. The molecule has 4 rings (SSSR count). The molecule has 4 aromatic rings. The van der Waals surface area contributed by atoms with Gasteiger partial charge in [0, 0.05) is 17.9 Å². The van der Waals surface area contributed by atoms with Crippen LogP contribution in [-0.2, 0) is 14.8 Å². The summed E-state index contributed by atoms with van der Waals surface area (Å²) in [6, 6.07) is 21.5. The molecule has 0 aliphatic rings. The van der Waals surface area contributed by atoms with E-state index in [9.17, 15) is 18.0 Å². The highest BCUT2D eigenvalue weighted by Gasteiger charge is 2.28. The molecular formula is C24H20N2O4S. The van der Waals surface area contributed by atoms with Crippen molar-refractivity contribution in [3.8, 4) is 0 Å². The van der Waals surface area contributed by atoms with Crippen molar-refractivity contribution in [1.82, 2.24) is 3.97 Å². The van der Waals surface area contributed by atoms with Gasteiger partial charge in [0.25, 0.3) is 10.0 Å². The first kappa shape index (κ1) is 20.6. The summed E-state index contributed by atoms with van der Waals surface area (Å²) >= 11 is 0. The van der Waals surface area contributed by atoms with Gasteiger partial charge in [-0.15, -0.1) is 0 Å². The summed E-state index contributed by atoms with van der Waals surface area (Å²) in [6.07, 6.45) is 0. The number of para-hydroxylation sites is 1. The first-order valence-corrected chi connectivity index (χ1v) is 11.1. The van der Waals surface area contributed by atoms with E-state index in [1.807, 2.05) is 6.92 Å². The fraction of sp³-hybridized carbons (Fsp3) is 0.0833. The molecule has 0 atom stereocenters. The van der Waals surface area contributed by atoms with E-state index in [1.165, 1.54) is 19.1 Å². The molecule has 0 radical (unpaired) electrons. The number of ketones is 1. The predicted molar refractivity (Wildman–Crippen MR) is 120 cm³/mol. The van der Waals surface area contributed by atoms with Crippen LogP contribution in [0.5, 0.6) is 0 Å². The summed E-state index contributed by atoms with van der Waals surface area (Å²) in [5.41, 5.74) is 1.77. The van der Waals surface area contributed by atoms with Gasteiger partial charge in [0.1, 0.15) is 5.69 Å². The molecule has 6 nitrogen and oxygen atoms in total. The van der Waals surface area contributed by atoms with Crippen LogP contribution in [0.15, 0.2) is 83.8 Å². The molecular weight excluding hydrogens is 412 g/mol. The minimum absolute atomic E-state index is 0.00209. The molecule has 1 N–H and O–H groups in total. The number of amides is 1. The van der Waals surface area contributed by atoms with Gasteiger partial charge in [-0.2, -0.15) is 0 Å². The molecule has 156 valence electrons. The van der Waals surface area contributed by atoms with Crippen molar-refractivity contribution in [2.45, 2.75) is 18.7 Å². The smallest absolute Gasteiger partial charge is 0.268 e. The van der Waals surface area contributed by atoms with Gasteiger partial charge in [-0.25, -0.2) is 12.4 Å². The average molecular weight is 433 g/mol. The van der Waals surface area contributed by atoms with Gasteiger partial charge >= 0.3 is 0 Å². The van der Waals surface area contributed by atoms with Crippen molar-refractivity contribution in [2.75, 3.05) is 5.32 Å². The number of nitrogens with one attached hydrogen (secondary N) is 1. The Balaban J connectivity index is 1.99. The molecule has 0 fully saturated rings. The lowest BCUT2D eigenvalue weighted by atomic mass is 10.0. The molecule has 1 aromatic heterocycles. The summed E-state index contributed by atoms with van der Waals surface area (Å²) in [5.74, 6) is -0.821. The van der Waals surface area contributed by atoms with E-state index >= 15 is 0 Å². The van der Waals surface area contributed by atoms with Gasteiger partial charge in [-0.1, -0.05) is 48.0 Å². The number of carbonyl (C=O) groups is 2. The minimum atomic E-state index is -4.04. The van der Waals surface area contributed by atoms with E-state index in [0.717, 1.165) is 9.54 Å². The van der Waals surface area contributed by atoms with Crippen LogP contribution >= 0.6 is 0 Å². The Hall–Kier alpha value is -3.71. The largest absolute Gasteiger partial charge is 0.326 e. The molecule has 0 saturated heterocycles. The van der Waals surface area contributed by atoms with Crippen LogP contribution in [0.4, 0.5) is 5.69 Å². The van der Waals surface area contributed by atoms with Gasteiger partial charge in [-0.3, -0.25) is 9.59 Å². The van der Waals surface area contributed by atoms with Crippen LogP contribution in [0.25, 0.3) is 10.9 Å². The second-order valence-electron chi connectivity index (χ2n) is 7.23. The number of anilines is 1. The standard InChI is InChI=1S/C24H20N2O4S/c1-16-12-13-21(25-17(2)27)20(14-16)24(28)23-15-18-8-6-7-11-22(18)26(23)31(29,30)19-9-4-3-5-10-19/h3-15H,1-2H3,(H,25,27). The highest BCUT2D eigenvalue weighted by molar-refractivity contribution is 7.90. The fourth-order valence-electron chi connectivity index (χ4n) is 3.53. The Morgan fingerprint density at radius 3 is 2.26 bits per heavy atom. The van der Waals surface area contributed by atoms with Crippen LogP contribution in [0.2, 0.25) is 0 Å². The first-order valence-electron chi connectivity index (χ1n) is 9.63. The van der Waals surface area contributed by atoms with E-state index in [4.69, 9.17) is 0 Å². The summed E-state index contributed by atoms with van der Waals surface area (Å²) in [4.78, 5) is 25.4. The molecule has 0 aliphatic heterocycles. The van der Waals surface area contributed by atoms with E-state index < -0.39 is 15.8 Å². The number of aromatic nitrogens is 1. The van der Waals surface area contributed by atoms with Crippen molar-refractivity contribution in [1.29, 1.82) is 0 Å². The van der Waals surface area contributed by atoms with E-state index in [2.05, 4.69) is 5.32 Å². The number of carbonyl (C=O) groups excluding carboxylic acids is 2. The first-order chi connectivity index (χ1) is 14.8. The third-order valence-corrected chi connectivity index (χ3v) is 6.65. The maximum absolute atomic E-state index is 13.6. The maximum Gasteiger partial charge on any atom is 0.268 e. The van der Waals surface area contributed by atoms with Crippen molar-refractivity contribution in [3.05, 3.63) is 95.7 Å². The van der Waals surface area contributed by atoms with Crippen molar-refractivity contribution in [2.24, 2.45) is 0 Å². The van der Waals surface area contributed by atoms with Crippen molar-refractivity contribution >= 4 is 38.3 Å². The zero-order chi connectivity index (χ0) is 22.2. The third-order valence-electron chi connectivity index (χ3n) is 4.91. The van der Waals surface area contributed by atoms with Crippen LogP contribution < -0.4 is 5.32 Å². The van der Waals surface area contributed by atoms with Gasteiger partial charge in [0.05, 0.1) is 16.1 Å². The molecule has 0 aliphatic carbocycles. The molecule has 1 heterocycles. The average Bonchev–Trinajstić information content (AvgIpc) is 3.15. The number of fused-ring (bicyclic) bond motifs is 1. The maximum atomic E-state index is 13.6. The second-order valence-corrected chi connectivity index (χ2v) is 9.02. The van der Waals surface area contributed by atoms with Crippen LogP contribution in [0, 0.1) is 6.92 Å². The molecule has 0 saturated carbocycles. The lowest BCUT2D eigenvalue weighted by Crippen LogP contribution is -2.20. The highest BCUT2D eigenvalue weighted by Crippen LogP contribution is 2.29. The highest BCUT2D eigenvalue weighted by atomic mass is 32.2. The lowest BCUT2D eigenvalue weighted by molar-refractivity contribution is -0.114. The van der Waals surface area contributed by atoms with E-state index in [-0.39, 0.29) is 22.1 Å². The van der Waals surface area contributed by atoms with Crippen molar-refractivity contribution < 1.29 is 18.0 Å². The molecule has 1 amide bonds. The molecule has 0 unspecified atom stereocenters. The number of hydrogen-bond acceptors (Lipinski definition) is 4. The van der Waals surface area contributed by atoms with E-state index in [0.29, 0.717) is 16.6 Å². The fourth-order valence-corrected chi connectivity index (χ4v) is 5.06. The number of aryl methyl sites for hydroxylation is 1. The molecule has 31 heavy (non-hydrogen) atoms. The zero-order valence-corrected chi connectivity index (χ0v) is 17.8. The molecule has 0 spiro atoms. The summed E-state index contributed by atoms with van der Waals surface area (Å²) < 4.78 is 28.2.